The van der Waals surface area contributed by atoms with Gasteiger partial charge < -0.3 is 15.0 Å². The van der Waals surface area contributed by atoms with Gasteiger partial charge in [-0.05, 0) is 89.1 Å². The van der Waals surface area contributed by atoms with Gasteiger partial charge in [-0.25, -0.2) is 9.78 Å². The Hall–Kier alpha value is -3.81. The SMILES string of the molecule is CCN(CC(=O)Nc1nc(-c2ccc(OC)cc2)cn1-c1ccc(C)c(C)c1)C(=O)NC(C)(C)C. The lowest BCUT2D eigenvalue weighted by Gasteiger charge is -2.27. The summed E-state index contributed by atoms with van der Waals surface area (Å²) < 4.78 is 7.11. The molecule has 0 fully saturated rings. The van der Waals surface area contributed by atoms with E-state index in [-0.39, 0.29) is 18.5 Å². The number of benzene rings is 2. The quantitative estimate of drug-likeness (QED) is 0.505. The molecule has 2 aromatic carbocycles. The Morgan fingerprint density at radius 1 is 1.06 bits per heavy atom. The number of hydrogen-bond acceptors (Lipinski definition) is 4. The van der Waals surface area contributed by atoms with E-state index in [1.165, 1.54) is 10.5 Å². The van der Waals surface area contributed by atoms with Crippen LogP contribution in [0.25, 0.3) is 16.9 Å². The molecule has 35 heavy (non-hydrogen) atoms. The topological polar surface area (TPSA) is 88.5 Å². The molecule has 8 nitrogen and oxygen atoms in total. The van der Waals surface area contributed by atoms with Gasteiger partial charge in [0.1, 0.15) is 12.3 Å². The monoisotopic (exact) mass is 477 g/mol. The molecule has 3 aromatic rings. The molecule has 0 atom stereocenters. The maximum absolute atomic E-state index is 13.0. The van der Waals surface area contributed by atoms with Crippen LogP contribution < -0.4 is 15.4 Å². The van der Waals surface area contributed by atoms with Gasteiger partial charge in [0.25, 0.3) is 0 Å². The molecule has 2 N–H and O–H groups in total. The number of urea groups is 1. The highest BCUT2D eigenvalue weighted by Gasteiger charge is 2.22. The Labute approximate surface area is 207 Å². The minimum Gasteiger partial charge on any atom is -0.497 e. The number of ether oxygens (including phenoxy) is 1. The van der Waals surface area contributed by atoms with E-state index in [0.717, 1.165) is 22.6 Å². The second kappa shape index (κ2) is 10.6. The minimum absolute atomic E-state index is 0.0872. The number of aryl methyl sites for hydroxylation is 2. The fourth-order valence-corrected chi connectivity index (χ4v) is 3.51. The Morgan fingerprint density at radius 2 is 1.74 bits per heavy atom. The smallest absolute Gasteiger partial charge is 0.318 e. The number of imidazole rings is 1. The second-order valence-corrected chi connectivity index (χ2v) is 9.56. The zero-order valence-electron chi connectivity index (χ0n) is 21.6. The highest BCUT2D eigenvalue weighted by Crippen LogP contribution is 2.27. The zero-order chi connectivity index (χ0) is 25.8. The first-order valence-corrected chi connectivity index (χ1v) is 11.7. The third kappa shape index (κ3) is 6.62. The molecular formula is C27H35N5O3. The molecule has 0 aliphatic rings. The van der Waals surface area contributed by atoms with E-state index in [2.05, 4.69) is 23.6 Å². The van der Waals surface area contributed by atoms with Crippen molar-refractivity contribution in [3.8, 4) is 22.7 Å². The summed E-state index contributed by atoms with van der Waals surface area (Å²) in [6.07, 6.45) is 1.89. The number of amides is 3. The number of methoxy groups -OCH3 is 1. The van der Waals surface area contributed by atoms with Gasteiger partial charge in [0, 0.05) is 29.5 Å². The largest absolute Gasteiger partial charge is 0.497 e. The summed E-state index contributed by atoms with van der Waals surface area (Å²) in [7, 11) is 1.62. The minimum atomic E-state index is -0.395. The van der Waals surface area contributed by atoms with Crippen molar-refractivity contribution in [3.05, 3.63) is 59.8 Å². The molecule has 3 rings (SSSR count). The first-order chi connectivity index (χ1) is 16.5. The average molecular weight is 478 g/mol. The normalized spacial score (nSPS) is 11.2. The second-order valence-electron chi connectivity index (χ2n) is 9.56. The van der Waals surface area contributed by atoms with Crippen LogP contribution in [0, 0.1) is 13.8 Å². The number of carbonyl (C=O) groups excluding carboxylic acids is 2. The van der Waals surface area contributed by atoms with Crippen LogP contribution in [0.1, 0.15) is 38.8 Å². The number of hydrogen-bond donors (Lipinski definition) is 2. The van der Waals surface area contributed by atoms with Crippen molar-refractivity contribution in [2.45, 2.75) is 47.1 Å². The summed E-state index contributed by atoms with van der Waals surface area (Å²) in [5.41, 5.74) is 4.40. The predicted octanol–water partition coefficient (Wildman–Crippen LogP) is 4.93. The number of aromatic nitrogens is 2. The molecule has 8 heteroatoms. The number of rotatable bonds is 7. The lowest BCUT2D eigenvalue weighted by atomic mass is 10.1. The summed E-state index contributed by atoms with van der Waals surface area (Å²) >= 11 is 0. The number of nitrogens with zero attached hydrogens (tertiary/aromatic N) is 3. The van der Waals surface area contributed by atoms with Crippen LogP contribution in [0.2, 0.25) is 0 Å². The molecule has 0 saturated carbocycles. The van der Waals surface area contributed by atoms with Gasteiger partial charge in [-0.2, -0.15) is 0 Å². The number of carbonyl (C=O) groups is 2. The molecule has 0 radical (unpaired) electrons. The summed E-state index contributed by atoms with van der Waals surface area (Å²) in [5.74, 6) is 0.813. The first kappa shape index (κ1) is 25.8. The number of anilines is 1. The van der Waals surface area contributed by atoms with Crippen molar-refractivity contribution >= 4 is 17.9 Å². The van der Waals surface area contributed by atoms with Crippen molar-refractivity contribution in [2.75, 3.05) is 25.5 Å². The molecule has 0 unspecified atom stereocenters. The van der Waals surface area contributed by atoms with E-state index in [9.17, 15) is 9.59 Å². The van der Waals surface area contributed by atoms with E-state index in [0.29, 0.717) is 18.2 Å². The van der Waals surface area contributed by atoms with Crippen molar-refractivity contribution in [3.63, 3.8) is 0 Å². The lowest BCUT2D eigenvalue weighted by molar-refractivity contribution is -0.116. The Morgan fingerprint density at radius 3 is 2.31 bits per heavy atom. The summed E-state index contributed by atoms with van der Waals surface area (Å²) in [4.78, 5) is 31.7. The lowest BCUT2D eigenvalue weighted by Crippen LogP contribution is -2.50. The van der Waals surface area contributed by atoms with Crippen LogP contribution in [-0.4, -0.2) is 52.1 Å². The third-order valence-corrected chi connectivity index (χ3v) is 5.60. The van der Waals surface area contributed by atoms with Crippen molar-refractivity contribution < 1.29 is 14.3 Å². The highest BCUT2D eigenvalue weighted by molar-refractivity contribution is 5.93. The van der Waals surface area contributed by atoms with E-state index < -0.39 is 5.54 Å². The van der Waals surface area contributed by atoms with Crippen molar-refractivity contribution in [2.24, 2.45) is 0 Å². The zero-order valence-corrected chi connectivity index (χ0v) is 21.6. The van der Waals surface area contributed by atoms with Gasteiger partial charge in [0.05, 0.1) is 12.8 Å². The van der Waals surface area contributed by atoms with Gasteiger partial charge in [0.15, 0.2) is 0 Å². The average Bonchev–Trinajstić information content (AvgIpc) is 3.21. The Kier molecular flexibility index (Phi) is 7.84. The summed E-state index contributed by atoms with van der Waals surface area (Å²) in [6.45, 7) is 12.0. The fourth-order valence-electron chi connectivity index (χ4n) is 3.51. The van der Waals surface area contributed by atoms with Gasteiger partial charge in [-0.1, -0.05) is 6.07 Å². The van der Waals surface area contributed by atoms with Crippen LogP contribution >= 0.6 is 0 Å². The van der Waals surface area contributed by atoms with E-state index in [1.807, 2.05) is 81.8 Å². The van der Waals surface area contributed by atoms with Crippen LogP contribution in [-0.2, 0) is 4.79 Å². The molecule has 0 aliphatic carbocycles. The first-order valence-electron chi connectivity index (χ1n) is 11.7. The molecule has 1 heterocycles. The van der Waals surface area contributed by atoms with Gasteiger partial charge in [-0.3, -0.25) is 14.7 Å². The van der Waals surface area contributed by atoms with Crippen molar-refractivity contribution in [1.29, 1.82) is 0 Å². The van der Waals surface area contributed by atoms with Crippen LogP contribution in [0.3, 0.4) is 0 Å². The van der Waals surface area contributed by atoms with Crippen LogP contribution in [0.15, 0.2) is 48.7 Å². The summed E-state index contributed by atoms with van der Waals surface area (Å²) in [6, 6.07) is 13.4. The molecule has 0 saturated heterocycles. The standard InChI is InChI=1S/C27H35N5O3/c1-8-31(26(34)30-27(4,5)6)17-24(33)29-25-28-23(20-10-13-22(35-7)14-11-20)16-32(25)21-12-9-18(2)19(3)15-21/h9-16H,8,17H2,1-7H3,(H,30,34)(H,28,29,33). The molecule has 0 spiro atoms. The molecule has 3 amide bonds. The Bertz CT molecular complexity index is 1190. The predicted molar refractivity (Wildman–Crippen MR) is 139 cm³/mol. The maximum atomic E-state index is 13.0. The number of nitrogens with one attached hydrogen (secondary N) is 2. The third-order valence-electron chi connectivity index (χ3n) is 5.60. The highest BCUT2D eigenvalue weighted by atomic mass is 16.5. The van der Waals surface area contributed by atoms with Crippen molar-refractivity contribution in [1.82, 2.24) is 19.8 Å². The van der Waals surface area contributed by atoms with E-state index in [1.54, 1.807) is 7.11 Å². The molecular weight excluding hydrogens is 442 g/mol. The Balaban J connectivity index is 1.91. The van der Waals surface area contributed by atoms with Gasteiger partial charge >= 0.3 is 6.03 Å². The van der Waals surface area contributed by atoms with E-state index >= 15 is 0 Å². The molecule has 186 valence electrons. The van der Waals surface area contributed by atoms with Crippen LogP contribution in [0.4, 0.5) is 10.7 Å². The van der Waals surface area contributed by atoms with Gasteiger partial charge in [-0.15, -0.1) is 0 Å². The van der Waals surface area contributed by atoms with E-state index in [4.69, 9.17) is 9.72 Å². The fraction of sp³-hybridized carbons (Fsp3) is 0.370. The maximum Gasteiger partial charge on any atom is 0.318 e. The molecule has 0 bridgehead atoms. The van der Waals surface area contributed by atoms with Gasteiger partial charge in [0.2, 0.25) is 11.9 Å². The number of likely N-dealkylation sites (N-methyl/N-ethyl adjacent to an activating group) is 1. The molecule has 1 aromatic heterocycles. The summed E-state index contributed by atoms with van der Waals surface area (Å²) in [5, 5.41) is 5.80. The van der Waals surface area contributed by atoms with Crippen LogP contribution in [0.5, 0.6) is 5.75 Å². The molecule has 0 aliphatic heterocycles.